The number of morpholine rings is 1. The van der Waals surface area contributed by atoms with E-state index in [0.717, 1.165) is 52.2 Å². The largest absolute Gasteiger partial charge is 0.373 e. The zero-order valence-electron chi connectivity index (χ0n) is 25.3. The number of nitrogens with zero attached hydrogens (tertiary/aromatic N) is 7. The number of benzene rings is 1. The number of fused-ring (bicyclic) bond motifs is 1. The Kier molecular flexibility index (Phi) is 8.46. The highest BCUT2D eigenvalue weighted by atomic mass is 16.5. The van der Waals surface area contributed by atoms with Crippen LogP contribution in [-0.4, -0.2) is 74.8 Å². The van der Waals surface area contributed by atoms with Gasteiger partial charge in [-0.15, -0.1) is 0 Å². The number of ether oxygens (including phenoxy) is 1. The quantitative estimate of drug-likeness (QED) is 0.426. The van der Waals surface area contributed by atoms with Crippen molar-refractivity contribution < 1.29 is 4.74 Å². The summed E-state index contributed by atoms with van der Waals surface area (Å²) in [7, 11) is 1.70. The van der Waals surface area contributed by atoms with E-state index in [2.05, 4.69) is 89.6 Å². The summed E-state index contributed by atoms with van der Waals surface area (Å²) in [6.45, 7) is 16.3. The van der Waals surface area contributed by atoms with Gasteiger partial charge in [-0.1, -0.05) is 38.1 Å². The number of aryl methyl sites for hydroxylation is 1. The Morgan fingerprint density at radius 3 is 2.46 bits per heavy atom. The molecule has 218 valence electrons. The number of nitriles is 1. The van der Waals surface area contributed by atoms with E-state index >= 15 is 0 Å². The van der Waals surface area contributed by atoms with Gasteiger partial charge in [0.2, 0.25) is 0 Å². The van der Waals surface area contributed by atoms with Gasteiger partial charge in [0.15, 0.2) is 5.82 Å². The summed E-state index contributed by atoms with van der Waals surface area (Å²) < 4.78 is 7.39. The SMILES string of the molecule is CCC1CN(C(C)c2ccc(CN3CCOC(C)(C)C3)cc2)[C@H](CC)CN1c1nc(=O)n(C)c2ccc(C#N)nc12. The molecule has 0 amide bonds. The standard InChI is InChI=1S/C32H43N7O2/c1-7-26-20-39(30-29-28(36(6)31(40)35-30)14-13-25(17-33)34-29)27(8-2)19-38(26)22(3)24-11-9-23(10-12-24)18-37-15-16-41-32(4,5)21-37/h9-14,22,26-27H,7-8,15-16,18-21H2,1-6H3/t22?,26-,27?/m1/s1. The van der Waals surface area contributed by atoms with E-state index in [1.165, 1.54) is 15.7 Å². The highest BCUT2D eigenvalue weighted by Crippen LogP contribution is 2.33. The monoisotopic (exact) mass is 557 g/mol. The molecule has 0 radical (unpaired) electrons. The molecule has 9 nitrogen and oxygen atoms in total. The van der Waals surface area contributed by atoms with Gasteiger partial charge >= 0.3 is 5.69 Å². The number of hydrogen-bond donors (Lipinski definition) is 0. The Hall–Kier alpha value is -3.32. The molecule has 9 heteroatoms. The minimum Gasteiger partial charge on any atom is -0.373 e. The van der Waals surface area contributed by atoms with Crippen molar-refractivity contribution in [2.24, 2.45) is 7.05 Å². The molecule has 4 heterocycles. The molecule has 0 saturated carbocycles. The Morgan fingerprint density at radius 1 is 1.07 bits per heavy atom. The van der Waals surface area contributed by atoms with Crippen LogP contribution in [0, 0.1) is 11.3 Å². The maximum absolute atomic E-state index is 12.9. The predicted molar refractivity (Wildman–Crippen MR) is 162 cm³/mol. The molecular formula is C32H43N7O2. The minimum atomic E-state index is -0.307. The fourth-order valence-corrected chi connectivity index (χ4v) is 6.49. The summed E-state index contributed by atoms with van der Waals surface area (Å²) in [6, 6.07) is 15.4. The van der Waals surface area contributed by atoms with Crippen LogP contribution in [0.2, 0.25) is 0 Å². The highest BCUT2D eigenvalue weighted by Gasteiger charge is 2.37. The van der Waals surface area contributed by atoms with E-state index in [9.17, 15) is 10.1 Å². The first kappa shape index (κ1) is 29.2. The van der Waals surface area contributed by atoms with Crippen molar-refractivity contribution in [3.63, 3.8) is 0 Å². The van der Waals surface area contributed by atoms with Gasteiger partial charge in [-0.3, -0.25) is 14.4 Å². The molecule has 2 fully saturated rings. The van der Waals surface area contributed by atoms with Gasteiger partial charge in [0.05, 0.1) is 17.7 Å². The van der Waals surface area contributed by atoms with Crippen LogP contribution in [0.25, 0.3) is 11.0 Å². The average Bonchev–Trinajstić information content (AvgIpc) is 2.97. The smallest absolute Gasteiger partial charge is 0.349 e. The van der Waals surface area contributed by atoms with Crippen molar-refractivity contribution in [1.82, 2.24) is 24.3 Å². The molecule has 2 aromatic heterocycles. The molecule has 41 heavy (non-hydrogen) atoms. The zero-order chi connectivity index (χ0) is 29.3. The van der Waals surface area contributed by atoms with Crippen LogP contribution in [0.5, 0.6) is 0 Å². The third-order valence-electron chi connectivity index (χ3n) is 8.87. The van der Waals surface area contributed by atoms with Crippen molar-refractivity contribution in [2.45, 2.75) is 77.7 Å². The number of anilines is 1. The van der Waals surface area contributed by atoms with Gasteiger partial charge in [0, 0.05) is 57.9 Å². The molecule has 2 unspecified atom stereocenters. The van der Waals surface area contributed by atoms with Crippen LogP contribution in [0.15, 0.2) is 41.2 Å². The summed E-state index contributed by atoms with van der Waals surface area (Å²) in [5.41, 5.74) is 3.87. The number of aromatic nitrogens is 3. The van der Waals surface area contributed by atoms with Gasteiger partial charge in [0.25, 0.3) is 0 Å². The lowest BCUT2D eigenvalue weighted by molar-refractivity contribution is -0.0882. The van der Waals surface area contributed by atoms with E-state index in [-0.39, 0.29) is 29.4 Å². The fraction of sp³-hybridized carbons (Fsp3) is 0.562. The molecule has 3 aromatic rings. The zero-order valence-corrected chi connectivity index (χ0v) is 25.3. The molecule has 2 saturated heterocycles. The Bertz CT molecular complexity index is 1480. The van der Waals surface area contributed by atoms with Gasteiger partial charge < -0.3 is 9.64 Å². The molecule has 0 spiro atoms. The third kappa shape index (κ3) is 6.01. The lowest BCUT2D eigenvalue weighted by Crippen LogP contribution is -2.59. The van der Waals surface area contributed by atoms with Crippen molar-refractivity contribution in [2.75, 3.05) is 37.7 Å². The molecule has 0 N–H and O–H groups in total. The first-order chi connectivity index (χ1) is 19.6. The molecule has 1 aromatic carbocycles. The average molecular weight is 558 g/mol. The molecule has 3 atom stereocenters. The summed E-state index contributed by atoms with van der Waals surface area (Å²) in [6.07, 6.45) is 1.88. The second-order valence-electron chi connectivity index (χ2n) is 12.2. The molecule has 5 rings (SSSR count). The van der Waals surface area contributed by atoms with E-state index in [4.69, 9.17) is 4.74 Å². The number of rotatable bonds is 7. The topological polar surface area (TPSA) is 90.5 Å². The van der Waals surface area contributed by atoms with Crippen molar-refractivity contribution in [3.05, 3.63) is 63.7 Å². The second kappa shape index (κ2) is 11.9. The Balaban J connectivity index is 1.37. The third-order valence-corrected chi connectivity index (χ3v) is 8.87. The van der Waals surface area contributed by atoms with Gasteiger partial charge in [-0.05, 0) is 56.9 Å². The first-order valence-electron chi connectivity index (χ1n) is 14.9. The van der Waals surface area contributed by atoms with Crippen molar-refractivity contribution in [1.29, 1.82) is 5.26 Å². The van der Waals surface area contributed by atoms with E-state index in [0.29, 0.717) is 22.5 Å². The minimum absolute atomic E-state index is 0.0949. The lowest BCUT2D eigenvalue weighted by atomic mass is 9.96. The summed E-state index contributed by atoms with van der Waals surface area (Å²) >= 11 is 0. The number of hydrogen-bond acceptors (Lipinski definition) is 8. The maximum atomic E-state index is 12.9. The number of piperazine rings is 1. The van der Waals surface area contributed by atoms with Crippen molar-refractivity contribution in [3.8, 4) is 6.07 Å². The van der Waals surface area contributed by atoms with Gasteiger partial charge in [-0.2, -0.15) is 10.2 Å². The van der Waals surface area contributed by atoms with Gasteiger partial charge in [0.1, 0.15) is 17.3 Å². The van der Waals surface area contributed by atoms with Crippen LogP contribution in [0.4, 0.5) is 5.82 Å². The Labute approximate surface area is 243 Å². The second-order valence-corrected chi connectivity index (χ2v) is 12.2. The van der Waals surface area contributed by atoms with Crippen LogP contribution in [0.1, 0.15) is 70.3 Å². The van der Waals surface area contributed by atoms with E-state index < -0.39 is 0 Å². The van der Waals surface area contributed by atoms with Crippen molar-refractivity contribution >= 4 is 16.9 Å². The highest BCUT2D eigenvalue weighted by molar-refractivity contribution is 5.86. The predicted octanol–water partition coefficient (Wildman–Crippen LogP) is 4.25. The van der Waals surface area contributed by atoms with Gasteiger partial charge in [-0.25, -0.2) is 9.78 Å². The maximum Gasteiger partial charge on any atom is 0.349 e. The number of pyridine rings is 1. The normalized spacial score (nSPS) is 22.5. The summed E-state index contributed by atoms with van der Waals surface area (Å²) in [5, 5.41) is 9.50. The molecule has 2 aliphatic rings. The molecule has 2 aliphatic heterocycles. The van der Waals surface area contributed by atoms with E-state index in [1.807, 2.05) is 0 Å². The first-order valence-corrected chi connectivity index (χ1v) is 14.9. The fourth-order valence-electron chi connectivity index (χ4n) is 6.49. The summed E-state index contributed by atoms with van der Waals surface area (Å²) in [4.78, 5) is 29.3. The molecule has 0 bridgehead atoms. The molecular weight excluding hydrogens is 514 g/mol. The Morgan fingerprint density at radius 2 is 1.80 bits per heavy atom. The van der Waals surface area contributed by atoms with Crippen LogP contribution in [-0.2, 0) is 18.3 Å². The molecule has 0 aliphatic carbocycles. The lowest BCUT2D eigenvalue weighted by Gasteiger charge is -2.49. The summed E-state index contributed by atoms with van der Waals surface area (Å²) in [5.74, 6) is 0.591. The van der Waals surface area contributed by atoms with E-state index in [1.54, 1.807) is 19.2 Å². The van der Waals surface area contributed by atoms with Crippen LogP contribution < -0.4 is 10.6 Å². The van der Waals surface area contributed by atoms with Crippen LogP contribution in [0.3, 0.4) is 0 Å². The van der Waals surface area contributed by atoms with Crippen LogP contribution >= 0.6 is 0 Å².